The van der Waals surface area contributed by atoms with Crippen LogP contribution in [0.5, 0.6) is 0 Å². The molecule has 0 aromatic rings. The first-order chi connectivity index (χ1) is 8.93. The van der Waals surface area contributed by atoms with E-state index in [-0.39, 0.29) is 16.9 Å². The molecule has 2 rings (SSSR count). The Balaban J connectivity index is 2.10. The quantitative estimate of drug-likeness (QED) is 0.583. The summed E-state index contributed by atoms with van der Waals surface area (Å²) in [6, 6.07) is 0.0656. The highest BCUT2D eigenvalue weighted by Crippen LogP contribution is 2.44. The largest absolute Gasteiger partial charge is 0.377 e. The smallest absolute Gasteiger partial charge is 0.150 e. The molecule has 2 fully saturated rings. The van der Waals surface area contributed by atoms with Crippen LogP contribution in [0.25, 0.3) is 0 Å². The second-order valence-corrected chi connectivity index (χ2v) is 8.47. The van der Waals surface area contributed by atoms with Crippen LogP contribution in [0.2, 0.25) is 0 Å². The molecule has 6 heteroatoms. The van der Waals surface area contributed by atoms with E-state index in [1.165, 1.54) is 6.26 Å². The Morgan fingerprint density at radius 2 is 2.00 bits per heavy atom. The lowest BCUT2D eigenvalue weighted by Crippen LogP contribution is -2.62. The predicted octanol–water partition coefficient (Wildman–Crippen LogP) is 0.991. The molecule has 0 heterocycles. The van der Waals surface area contributed by atoms with Gasteiger partial charge in [0.25, 0.3) is 0 Å². The van der Waals surface area contributed by atoms with Crippen LogP contribution in [-0.4, -0.2) is 38.7 Å². The van der Waals surface area contributed by atoms with Crippen molar-refractivity contribution in [3.8, 4) is 0 Å². The van der Waals surface area contributed by atoms with E-state index in [2.05, 4.69) is 5.43 Å². The van der Waals surface area contributed by atoms with Gasteiger partial charge in [0.05, 0.1) is 16.9 Å². The summed E-state index contributed by atoms with van der Waals surface area (Å²) >= 11 is 0. The Labute approximate surface area is 116 Å². The summed E-state index contributed by atoms with van der Waals surface area (Å²) in [5.74, 6) is 6.04. The molecule has 0 amide bonds. The minimum atomic E-state index is -2.95. The third-order valence-corrected chi connectivity index (χ3v) is 6.74. The summed E-state index contributed by atoms with van der Waals surface area (Å²) in [5.41, 5.74) is 2.74. The molecule has 2 aliphatic rings. The molecule has 19 heavy (non-hydrogen) atoms. The zero-order valence-corrected chi connectivity index (χ0v) is 12.7. The second-order valence-electron chi connectivity index (χ2n) is 6.15. The van der Waals surface area contributed by atoms with Crippen molar-refractivity contribution in [2.75, 3.05) is 13.4 Å². The van der Waals surface area contributed by atoms with Crippen molar-refractivity contribution in [1.29, 1.82) is 0 Å². The highest BCUT2D eigenvalue weighted by Gasteiger charge is 2.48. The van der Waals surface area contributed by atoms with Gasteiger partial charge in [0.1, 0.15) is 9.84 Å². The number of sulfone groups is 1. The fraction of sp³-hybridized carbons (Fsp3) is 1.00. The molecular formula is C13H26N2O3S. The Morgan fingerprint density at radius 1 is 1.32 bits per heavy atom. The normalized spacial score (nSPS) is 32.6. The summed E-state index contributed by atoms with van der Waals surface area (Å²) in [6.45, 7) is 0. The molecule has 0 radical (unpaired) electrons. The van der Waals surface area contributed by atoms with Crippen molar-refractivity contribution in [2.45, 2.75) is 61.8 Å². The lowest BCUT2D eigenvalue weighted by Gasteiger charge is -2.50. The second kappa shape index (κ2) is 5.68. The fourth-order valence-electron chi connectivity index (χ4n) is 3.76. The highest BCUT2D eigenvalue weighted by molar-refractivity contribution is 7.91. The maximum Gasteiger partial charge on any atom is 0.150 e. The van der Waals surface area contributed by atoms with Crippen LogP contribution in [0.3, 0.4) is 0 Å². The van der Waals surface area contributed by atoms with Crippen LogP contribution in [-0.2, 0) is 14.6 Å². The zero-order valence-electron chi connectivity index (χ0n) is 11.9. The first kappa shape index (κ1) is 15.2. The monoisotopic (exact) mass is 290 g/mol. The van der Waals surface area contributed by atoms with Crippen molar-refractivity contribution in [2.24, 2.45) is 11.8 Å². The molecule has 0 aromatic carbocycles. The van der Waals surface area contributed by atoms with Crippen molar-refractivity contribution in [3.05, 3.63) is 0 Å². The lowest BCUT2D eigenvalue weighted by molar-refractivity contribution is -0.114. The van der Waals surface area contributed by atoms with Gasteiger partial charge < -0.3 is 4.74 Å². The molecular weight excluding hydrogens is 264 g/mol. The van der Waals surface area contributed by atoms with Gasteiger partial charge in [-0.15, -0.1) is 0 Å². The standard InChI is InChI=1S/C13H26N2O3S/c1-18-13(7-4-8-13)12(15-14)10-5-3-6-11(9-10)19(2,16)17/h10-12,15H,3-9,14H2,1-2H3. The molecule has 0 aromatic heterocycles. The number of ether oxygens (including phenoxy) is 1. The minimum Gasteiger partial charge on any atom is -0.377 e. The fourth-order valence-corrected chi connectivity index (χ4v) is 4.95. The van der Waals surface area contributed by atoms with Gasteiger partial charge in [-0.3, -0.25) is 11.3 Å². The van der Waals surface area contributed by atoms with E-state index < -0.39 is 9.84 Å². The van der Waals surface area contributed by atoms with Crippen LogP contribution in [0.15, 0.2) is 0 Å². The summed E-state index contributed by atoms with van der Waals surface area (Å²) in [5, 5.41) is -0.212. The zero-order chi connectivity index (χ0) is 14.1. The number of nitrogens with two attached hydrogens (primary N) is 1. The summed E-state index contributed by atoms with van der Waals surface area (Å²) < 4.78 is 29.2. The van der Waals surface area contributed by atoms with Crippen LogP contribution < -0.4 is 11.3 Å². The maximum atomic E-state index is 11.8. The van der Waals surface area contributed by atoms with Crippen molar-refractivity contribution >= 4 is 9.84 Å². The molecule has 3 N–H and O–H groups in total. The maximum absolute atomic E-state index is 11.8. The van der Waals surface area contributed by atoms with Gasteiger partial charge in [0.2, 0.25) is 0 Å². The number of nitrogens with one attached hydrogen (secondary N) is 1. The molecule has 0 aliphatic heterocycles. The van der Waals surface area contributed by atoms with Crippen molar-refractivity contribution in [3.63, 3.8) is 0 Å². The van der Waals surface area contributed by atoms with Crippen LogP contribution in [0.1, 0.15) is 44.9 Å². The Hall–Kier alpha value is -0.170. The summed E-state index contributed by atoms with van der Waals surface area (Å²) in [6.07, 6.45) is 8.02. The Kier molecular flexibility index (Phi) is 4.55. The van der Waals surface area contributed by atoms with E-state index in [9.17, 15) is 8.42 Å². The molecule has 0 spiro atoms. The highest BCUT2D eigenvalue weighted by atomic mass is 32.2. The number of methoxy groups -OCH3 is 1. The topological polar surface area (TPSA) is 81.4 Å². The molecule has 5 nitrogen and oxygen atoms in total. The Morgan fingerprint density at radius 3 is 2.42 bits per heavy atom. The number of hydrogen-bond donors (Lipinski definition) is 2. The van der Waals surface area contributed by atoms with E-state index in [0.29, 0.717) is 12.3 Å². The average Bonchev–Trinajstić information content (AvgIpc) is 2.32. The van der Waals surface area contributed by atoms with E-state index in [1.54, 1.807) is 7.11 Å². The van der Waals surface area contributed by atoms with Gasteiger partial charge in [0.15, 0.2) is 0 Å². The first-order valence-electron chi connectivity index (χ1n) is 7.13. The number of hydrogen-bond acceptors (Lipinski definition) is 5. The molecule has 112 valence electrons. The number of rotatable bonds is 5. The van der Waals surface area contributed by atoms with Gasteiger partial charge in [0, 0.05) is 13.4 Å². The van der Waals surface area contributed by atoms with Crippen LogP contribution in [0, 0.1) is 5.92 Å². The van der Waals surface area contributed by atoms with Crippen LogP contribution in [0.4, 0.5) is 0 Å². The van der Waals surface area contributed by atoms with Crippen molar-refractivity contribution in [1.82, 2.24) is 5.43 Å². The Bertz CT molecular complexity index is 401. The van der Waals surface area contributed by atoms with Gasteiger partial charge in [-0.2, -0.15) is 0 Å². The molecule has 0 bridgehead atoms. The van der Waals surface area contributed by atoms with Gasteiger partial charge >= 0.3 is 0 Å². The van der Waals surface area contributed by atoms with E-state index in [1.807, 2.05) is 0 Å². The molecule has 2 aliphatic carbocycles. The van der Waals surface area contributed by atoms with E-state index in [4.69, 9.17) is 10.6 Å². The van der Waals surface area contributed by atoms with Gasteiger partial charge in [-0.05, 0) is 44.4 Å². The third kappa shape index (κ3) is 2.96. The van der Waals surface area contributed by atoms with Crippen LogP contribution >= 0.6 is 0 Å². The minimum absolute atomic E-state index is 0.0656. The van der Waals surface area contributed by atoms with Gasteiger partial charge in [-0.1, -0.05) is 6.42 Å². The summed E-state index contributed by atoms with van der Waals surface area (Å²) in [7, 11) is -1.21. The lowest BCUT2D eigenvalue weighted by atomic mass is 9.67. The van der Waals surface area contributed by atoms with E-state index in [0.717, 1.165) is 38.5 Å². The van der Waals surface area contributed by atoms with Gasteiger partial charge in [-0.25, -0.2) is 8.42 Å². The SMILES string of the molecule is COC1(C(NN)C2CCCC(S(C)(=O)=O)C2)CCC1. The van der Waals surface area contributed by atoms with Crippen molar-refractivity contribution < 1.29 is 13.2 Å². The first-order valence-corrected chi connectivity index (χ1v) is 9.08. The average molecular weight is 290 g/mol. The molecule has 3 unspecified atom stereocenters. The predicted molar refractivity (Wildman–Crippen MR) is 75.3 cm³/mol. The van der Waals surface area contributed by atoms with E-state index >= 15 is 0 Å². The molecule has 2 saturated carbocycles. The summed E-state index contributed by atoms with van der Waals surface area (Å²) in [4.78, 5) is 0. The molecule has 3 atom stereocenters. The third-order valence-electron chi connectivity index (χ3n) is 5.10. The molecule has 0 saturated heterocycles. The number of hydrazine groups is 1.